The van der Waals surface area contributed by atoms with E-state index in [4.69, 9.17) is 0 Å². The van der Waals surface area contributed by atoms with Crippen molar-refractivity contribution in [3.63, 3.8) is 0 Å². The molecule has 4 nitrogen and oxygen atoms in total. The van der Waals surface area contributed by atoms with Gasteiger partial charge in [0.15, 0.2) is 0 Å². The minimum atomic E-state index is -2.40. The number of fused-ring (bicyclic) bond motifs is 1. The lowest BCUT2D eigenvalue weighted by atomic mass is 9.92. The molecule has 2 atom stereocenters. The molecule has 4 rings (SSSR count). The molecule has 2 aromatic rings. The van der Waals surface area contributed by atoms with E-state index in [9.17, 15) is 8.78 Å². The number of hydrogen-bond donors (Lipinski definition) is 0. The maximum atomic E-state index is 13.3. The van der Waals surface area contributed by atoms with E-state index in [2.05, 4.69) is 21.3 Å². The van der Waals surface area contributed by atoms with Crippen LogP contribution in [-0.2, 0) is 13.6 Å². The van der Waals surface area contributed by atoms with Gasteiger partial charge in [0.05, 0.1) is 5.52 Å². The van der Waals surface area contributed by atoms with Crippen LogP contribution in [0.4, 0.5) is 8.78 Å². The lowest BCUT2D eigenvalue weighted by Gasteiger charge is -2.32. The number of hydrogen-bond acceptors (Lipinski definition) is 3. The second-order valence-corrected chi connectivity index (χ2v) is 6.71. The summed E-state index contributed by atoms with van der Waals surface area (Å²) in [7, 11) is 1.88. The summed E-state index contributed by atoms with van der Waals surface area (Å²) in [4.78, 5) is 2.30. The average molecular weight is 306 g/mol. The molecular weight excluding hydrogens is 286 g/mol. The van der Waals surface area contributed by atoms with Crippen molar-refractivity contribution < 1.29 is 8.78 Å². The summed E-state index contributed by atoms with van der Waals surface area (Å²) in [6.45, 7) is 2.52. The predicted molar refractivity (Wildman–Crippen MR) is 79.6 cm³/mol. The summed E-state index contributed by atoms with van der Waals surface area (Å²) in [5.74, 6) is -2.65. The van der Waals surface area contributed by atoms with Gasteiger partial charge in [-0.15, -0.1) is 5.10 Å². The molecule has 1 saturated carbocycles. The number of rotatable bonds is 3. The van der Waals surface area contributed by atoms with Crippen LogP contribution in [-0.4, -0.2) is 38.9 Å². The van der Waals surface area contributed by atoms with Crippen molar-refractivity contribution in [2.75, 3.05) is 13.1 Å². The van der Waals surface area contributed by atoms with Gasteiger partial charge in [0.25, 0.3) is 5.92 Å². The Bertz CT molecular complexity index is 697. The van der Waals surface area contributed by atoms with Crippen LogP contribution in [0.1, 0.15) is 24.8 Å². The van der Waals surface area contributed by atoms with Gasteiger partial charge < -0.3 is 0 Å². The van der Waals surface area contributed by atoms with Crippen molar-refractivity contribution in [3.8, 4) is 0 Å². The van der Waals surface area contributed by atoms with E-state index < -0.39 is 5.92 Å². The van der Waals surface area contributed by atoms with Gasteiger partial charge in [0.1, 0.15) is 5.52 Å². The van der Waals surface area contributed by atoms with Crippen LogP contribution in [0, 0.1) is 11.8 Å². The second-order valence-electron chi connectivity index (χ2n) is 6.71. The van der Waals surface area contributed by atoms with Crippen LogP contribution < -0.4 is 0 Å². The van der Waals surface area contributed by atoms with E-state index in [0.29, 0.717) is 0 Å². The number of aromatic nitrogens is 3. The van der Waals surface area contributed by atoms with Gasteiger partial charge in [-0.3, -0.25) is 4.90 Å². The van der Waals surface area contributed by atoms with Crippen molar-refractivity contribution >= 4 is 11.0 Å². The van der Waals surface area contributed by atoms with Crippen molar-refractivity contribution in [3.05, 3.63) is 23.8 Å². The van der Waals surface area contributed by atoms with Crippen molar-refractivity contribution in [2.24, 2.45) is 18.9 Å². The third kappa shape index (κ3) is 2.39. The highest BCUT2D eigenvalue weighted by Gasteiger charge is 2.60. The fraction of sp³-hybridized carbons (Fsp3) is 0.625. The molecule has 1 aromatic carbocycles. The molecule has 1 aromatic heterocycles. The number of likely N-dealkylation sites (tertiary alicyclic amines) is 1. The van der Waals surface area contributed by atoms with E-state index >= 15 is 0 Å². The molecule has 1 aliphatic heterocycles. The summed E-state index contributed by atoms with van der Waals surface area (Å²) in [6, 6.07) is 6.08. The third-order valence-corrected chi connectivity index (χ3v) is 5.11. The first-order valence-electron chi connectivity index (χ1n) is 7.92. The maximum absolute atomic E-state index is 13.3. The number of halogens is 2. The number of alkyl halides is 2. The first-order chi connectivity index (χ1) is 10.5. The summed E-state index contributed by atoms with van der Waals surface area (Å²) in [5.41, 5.74) is 3.07. The minimum Gasteiger partial charge on any atom is -0.299 e. The topological polar surface area (TPSA) is 34.0 Å². The molecule has 2 unspecified atom stereocenters. The highest BCUT2D eigenvalue weighted by Crippen LogP contribution is 2.54. The monoisotopic (exact) mass is 306 g/mol. The Kier molecular flexibility index (Phi) is 3.18. The molecule has 6 heteroatoms. The molecular formula is C16H20F2N4. The number of aryl methyl sites for hydroxylation is 1. The van der Waals surface area contributed by atoms with Crippen LogP contribution in [0.2, 0.25) is 0 Å². The Labute approximate surface area is 128 Å². The number of piperidine rings is 1. The normalized spacial score (nSPS) is 28.1. The SMILES string of the molecule is Cn1nnc2c(CN3CCCC(C4CC4(F)F)C3)cccc21. The largest absolute Gasteiger partial charge is 0.299 e. The third-order valence-electron chi connectivity index (χ3n) is 5.11. The Hall–Kier alpha value is -1.56. The molecule has 0 spiro atoms. The molecule has 2 heterocycles. The van der Waals surface area contributed by atoms with Gasteiger partial charge in [0, 0.05) is 32.5 Å². The lowest BCUT2D eigenvalue weighted by Crippen LogP contribution is -2.36. The molecule has 0 N–H and O–H groups in total. The van der Waals surface area contributed by atoms with E-state index in [-0.39, 0.29) is 18.3 Å². The Balaban J connectivity index is 1.50. The molecule has 0 bridgehead atoms. The number of nitrogens with zero attached hydrogens (tertiary/aromatic N) is 4. The van der Waals surface area contributed by atoms with Crippen molar-refractivity contribution in [1.82, 2.24) is 19.9 Å². The molecule has 0 amide bonds. The molecule has 118 valence electrons. The first kappa shape index (κ1) is 14.1. The van der Waals surface area contributed by atoms with Gasteiger partial charge in [-0.25, -0.2) is 13.5 Å². The molecule has 2 fully saturated rings. The molecule has 22 heavy (non-hydrogen) atoms. The number of benzene rings is 1. The quantitative estimate of drug-likeness (QED) is 0.874. The average Bonchev–Trinajstić information content (AvgIpc) is 2.97. The summed E-state index contributed by atoms with van der Waals surface area (Å²) in [6.07, 6.45) is 2.03. The predicted octanol–water partition coefficient (Wildman–Crippen LogP) is 2.84. The zero-order valence-corrected chi connectivity index (χ0v) is 12.7. The highest BCUT2D eigenvalue weighted by atomic mass is 19.3. The first-order valence-corrected chi connectivity index (χ1v) is 7.92. The standard InChI is InChI=1S/C16H20F2N4/c1-21-14-6-2-4-12(15(14)19-20-21)10-22-7-3-5-11(9-22)13-8-16(13,17)18/h2,4,6,11,13H,3,5,7-10H2,1H3. The van der Waals surface area contributed by atoms with Crippen LogP contribution >= 0.6 is 0 Å². The second kappa shape index (κ2) is 4.98. The Morgan fingerprint density at radius 1 is 1.36 bits per heavy atom. The molecule has 1 saturated heterocycles. The smallest absolute Gasteiger partial charge is 0.251 e. The van der Waals surface area contributed by atoms with E-state index in [1.54, 1.807) is 4.68 Å². The van der Waals surface area contributed by atoms with Gasteiger partial charge in [0.2, 0.25) is 0 Å². The van der Waals surface area contributed by atoms with Crippen LogP contribution in [0.5, 0.6) is 0 Å². The van der Waals surface area contributed by atoms with Gasteiger partial charge in [-0.1, -0.05) is 17.3 Å². The summed E-state index contributed by atoms with van der Waals surface area (Å²) < 4.78 is 28.4. The fourth-order valence-corrected chi connectivity index (χ4v) is 3.79. The summed E-state index contributed by atoms with van der Waals surface area (Å²) >= 11 is 0. The van der Waals surface area contributed by atoms with E-state index in [1.165, 1.54) is 0 Å². The fourth-order valence-electron chi connectivity index (χ4n) is 3.79. The van der Waals surface area contributed by atoms with E-state index in [0.717, 1.165) is 49.1 Å². The van der Waals surface area contributed by atoms with Crippen LogP contribution in [0.25, 0.3) is 11.0 Å². The zero-order valence-electron chi connectivity index (χ0n) is 12.7. The van der Waals surface area contributed by atoms with Crippen LogP contribution in [0.3, 0.4) is 0 Å². The molecule has 2 aliphatic rings. The van der Waals surface area contributed by atoms with Gasteiger partial charge in [-0.05, 0) is 36.9 Å². The minimum absolute atomic E-state index is 0.0885. The Morgan fingerprint density at radius 3 is 2.95 bits per heavy atom. The van der Waals surface area contributed by atoms with Crippen LogP contribution in [0.15, 0.2) is 18.2 Å². The van der Waals surface area contributed by atoms with E-state index in [1.807, 2.05) is 19.2 Å². The zero-order chi connectivity index (χ0) is 15.3. The van der Waals surface area contributed by atoms with Crippen molar-refractivity contribution in [2.45, 2.75) is 31.7 Å². The molecule has 0 radical (unpaired) electrons. The van der Waals surface area contributed by atoms with Crippen molar-refractivity contribution in [1.29, 1.82) is 0 Å². The Morgan fingerprint density at radius 2 is 2.18 bits per heavy atom. The van der Waals surface area contributed by atoms with Gasteiger partial charge >= 0.3 is 0 Å². The highest BCUT2D eigenvalue weighted by molar-refractivity contribution is 5.77. The maximum Gasteiger partial charge on any atom is 0.251 e. The summed E-state index contributed by atoms with van der Waals surface area (Å²) in [5, 5.41) is 8.31. The lowest BCUT2D eigenvalue weighted by molar-refractivity contribution is 0.0628. The van der Waals surface area contributed by atoms with Gasteiger partial charge in [-0.2, -0.15) is 0 Å². The molecule has 1 aliphatic carbocycles.